The second kappa shape index (κ2) is 8.24. The van der Waals surface area contributed by atoms with Crippen LogP contribution in [0, 0.1) is 5.92 Å². The molecule has 0 saturated heterocycles. The molecule has 2 aromatic heterocycles. The molecule has 9 rings (SSSR count). The Bertz CT molecular complexity index is 2190. The fourth-order valence-corrected chi connectivity index (χ4v) is 8.25. The van der Waals surface area contributed by atoms with Gasteiger partial charge in [0.2, 0.25) is 0 Å². The highest BCUT2D eigenvalue weighted by Gasteiger charge is 2.47. The Hall–Kier alpha value is -4.56. The minimum atomic E-state index is 0.143. The summed E-state index contributed by atoms with van der Waals surface area (Å²) in [6.45, 7) is 4.92. The van der Waals surface area contributed by atoms with Gasteiger partial charge in [-0.3, -0.25) is 0 Å². The number of allylic oxidation sites excluding steroid dienone is 2. The van der Waals surface area contributed by atoms with Crippen molar-refractivity contribution in [2.75, 3.05) is 0 Å². The second-order valence-electron chi connectivity index (χ2n) is 12.5. The van der Waals surface area contributed by atoms with E-state index in [1.807, 2.05) is 0 Å². The average molecular weight is 530 g/mol. The van der Waals surface area contributed by atoms with Crippen molar-refractivity contribution < 1.29 is 4.42 Å². The van der Waals surface area contributed by atoms with Crippen LogP contribution < -0.4 is 0 Å². The first kappa shape index (κ1) is 23.2. The van der Waals surface area contributed by atoms with Crippen LogP contribution in [-0.4, -0.2) is 4.57 Å². The molecule has 0 N–H and O–H groups in total. The minimum Gasteiger partial charge on any atom is -0.454 e. The van der Waals surface area contributed by atoms with Crippen molar-refractivity contribution in [3.63, 3.8) is 0 Å². The summed E-state index contributed by atoms with van der Waals surface area (Å²) in [5.74, 6) is 1.17. The maximum absolute atomic E-state index is 6.70. The molecule has 5 aromatic carbocycles. The number of fused-ring (bicyclic) bond motifs is 10. The molecule has 0 aliphatic heterocycles. The van der Waals surface area contributed by atoms with Crippen LogP contribution in [0.2, 0.25) is 0 Å². The lowest BCUT2D eigenvalue weighted by Crippen LogP contribution is -2.28. The molecular weight excluding hydrogens is 498 g/mol. The van der Waals surface area contributed by atoms with Crippen LogP contribution >= 0.6 is 0 Å². The predicted molar refractivity (Wildman–Crippen MR) is 171 cm³/mol. The molecule has 0 saturated carbocycles. The smallest absolute Gasteiger partial charge is 0.160 e. The number of benzene rings is 5. The highest BCUT2D eigenvalue weighted by molar-refractivity contribution is 6.24. The Labute approximate surface area is 239 Å². The van der Waals surface area contributed by atoms with Crippen molar-refractivity contribution in [1.29, 1.82) is 0 Å². The van der Waals surface area contributed by atoms with Crippen LogP contribution in [0.1, 0.15) is 49.3 Å². The lowest BCUT2D eigenvalue weighted by molar-refractivity contribution is 0.302. The predicted octanol–water partition coefficient (Wildman–Crippen LogP) is 10.6. The molecule has 7 aromatic rings. The van der Waals surface area contributed by atoms with Crippen molar-refractivity contribution in [3.05, 3.63) is 132 Å². The van der Waals surface area contributed by atoms with Gasteiger partial charge in [0.05, 0.1) is 11.0 Å². The highest BCUT2D eigenvalue weighted by Crippen LogP contribution is 2.58. The molecule has 2 nitrogen and oxygen atoms in total. The second-order valence-corrected chi connectivity index (χ2v) is 12.5. The molecule has 0 radical (unpaired) electrons. The topological polar surface area (TPSA) is 18.1 Å². The fraction of sp³-hybridized carbons (Fsp3) is 0.179. The Morgan fingerprint density at radius 1 is 0.756 bits per heavy atom. The van der Waals surface area contributed by atoms with Crippen molar-refractivity contribution >= 4 is 49.3 Å². The van der Waals surface area contributed by atoms with E-state index in [0.29, 0.717) is 11.8 Å². The highest BCUT2D eigenvalue weighted by atomic mass is 16.3. The van der Waals surface area contributed by atoms with Crippen LogP contribution in [0.15, 0.2) is 120 Å². The molecule has 41 heavy (non-hydrogen) atoms. The molecular formula is C39H31NO. The molecule has 0 bridgehead atoms. The summed E-state index contributed by atoms with van der Waals surface area (Å²) in [6, 6.07) is 39.7. The molecule has 2 unspecified atom stereocenters. The van der Waals surface area contributed by atoms with E-state index in [2.05, 4.69) is 134 Å². The lowest BCUT2D eigenvalue weighted by Gasteiger charge is -2.35. The van der Waals surface area contributed by atoms with E-state index in [-0.39, 0.29) is 5.41 Å². The summed E-state index contributed by atoms with van der Waals surface area (Å²) in [5, 5.41) is 4.95. The van der Waals surface area contributed by atoms with Crippen molar-refractivity contribution in [2.45, 2.75) is 38.0 Å². The van der Waals surface area contributed by atoms with E-state index in [0.717, 1.165) is 35.2 Å². The minimum absolute atomic E-state index is 0.143. The van der Waals surface area contributed by atoms with Crippen LogP contribution in [0.5, 0.6) is 0 Å². The third kappa shape index (κ3) is 3.08. The van der Waals surface area contributed by atoms with Crippen molar-refractivity contribution in [1.82, 2.24) is 4.57 Å². The molecule has 0 fully saturated rings. The van der Waals surface area contributed by atoms with Crippen molar-refractivity contribution in [3.8, 4) is 5.69 Å². The Morgan fingerprint density at radius 2 is 1.49 bits per heavy atom. The first-order chi connectivity index (χ1) is 20.1. The maximum Gasteiger partial charge on any atom is 0.160 e. The van der Waals surface area contributed by atoms with E-state index in [1.165, 1.54) is 43.8 Å². The third-order valence-electron chi connectivity index (χ3n) is 10.2. The molecule has 198 valence electrons. The molecule has 2 aliphatic carbocycles. The van der Waals surface area contributed by atoms with E-state index in [1.54, 1.807) is 5.56 Å². The normalized spacial score (nSPS) is 19.6. The molecule has 2 heterocycles. The van der Waals surface area contributed by atoms with Crippen molar-refractivity contribution in [2.24, 2.45) is 5.92 Å². The van der Waals surface area contributed by atoms with Gasteiger partial charge >= 0.3 is 0 Å². The Morgan fingerprint density at radius 3 is 2.37 bits per heavy atom. The summed E-state index contributed by atoms with van der Waals surface area (Å²) in [4.78, 5) is 0. The summed E-state index contributed by atoms with van der Waals surface area (Å²) in [7, 11) is 0. The van der Waals surface area contributed by atoms with Crippen LogP contribution in [0.3, 0.4) is 0 Å². The number of aromatic nitrogens is 1. The van der Waals surface area contributed by atoms with Gasteiger partial charge < -0.3 is 8.98 Å². The SMILES string of the molecule is CC1(C)c2ccccc2C2CC=C(c3cc4c5ccccc5oc4c4c3c3ccccc3n4-c3ccccc3)CC21. The van der Waals surface area contributed by atoms with Crippen LogP contribution in [-0.2, 0) is 5.41 Å². The summed E-state index contributed by atoms with van der Waals surface area (Å²) in [5.41, 5.74) is 11.5. The van der Waals surface area contributed by atoms with Gasteiger partial charge in [-0.05, 0) is 82.7 Å². The van der Waals surface area contributed by atoms with Gasteiger partial charge in [0.15, 0.2) is 5.58 Å². The number of para-hydroxylation sites is 3. The van der Waals surface area contributed by atoms with Gasteiger partial charge in [-0.15, -0.1) is 0 Å². The fourth-order valence-electron chi connectivity index (χ4n) is 8.25. The van der Waals surface area contributed by atoms with E-state index < -0.39 is 0 Å². The monoisotopic (exact) mass is 529 g/mol. The molecule has 2 atom stereocenters. The van der Waals surface area contributed by atoms with Gasteiger partial charge in [-0.1, -0.05) is 98.8 Å². The molecule has 0 spiro atoms. The number of rotatable bonds is 2. The first-order valence-electron chi connectivity index (χ1n) is 14.8. The number of hydrogen-bond donors (Lipinski definition) is 0. The summed E-state index contributed by atoms with van der Waals surface area (Å²) >= 11 is 0. The zero-order valence-corrected chi connectivity index (χ0v) is 23.4. The standard InChI is InChI=1S/C39H31NO/c1-39(2)32-17-9-6-14-26(32)27-21-20-24(22-33(27)39)30-23-31-28-15-8-11-19-35(28)41-38(31)37-36(30)29-16-7-10-18-34(29)40(37)25-12-4-3-5-13-25/h3-20,23,27,33H,21-22H2,1-2H3. The Kier molecular flexibility index (Phi) is 4.66. The Balaban J connectivity index is 1.38. The number of hydrogen-bond acceptors (Lipinski definition) is 1. The zero-order chi connectivity index (χ0) is 27.3. The van der Waals surface area contributed by atoms with E-state index >= 15 is 0 Å². The van der Waals surface area contributed by atoms with Gasteiger partial charge in [-0.2, -0.15) is 0 Å². The largest absolute Gasteiger partial charge is 0.454 e. The van der Waals surface area contributed by atoms with E-state index in [9.17, 15) is 0 Å². The van der Waals surface area contributed by atoms with E-state index in [4.69, 9.17) is 4.42 Å². The van der Waals surface area contributed by atoms with Gasteiger partial charge in [0, 0.05) is 27.2 Å². The van der Waals surface area contributed by atoms with Gasteiger partial charge in [0.1, 0.15) is 5.58 Å². The molecule has 2 heteroatoms. The van der Waals surface area contributed by atoms with Crippen LogP contribution in [0.4, 0.5) is 0 Å². The van der Waals surface area contributed by atoms with Gasteiger partial charge in [0.25, 0.3) is 0 Å². The lowest BCUT2D eigenvalue weighted by atomic mass is 9.68. The van der Waals surface area contributed by atoms with Crippen LogP contribution in [0.25, 0.3) is 55.0 Å². The summed E-state index contributed by atoms with van der Waals surface area (Å²) in [6.07, 6.45) is 4.72. The molecule has 2 aliphatic rings. The number of furan rings is 1. The number of nitrogens with zero attached hydrogens (tertiary/aromatic N) is 1. The zero-order valence-electron chi connectivity index (χ0n) is 23.4. The maximum atomic E-state index is 6.70. The average Bonchev–Trinajstić information content (AvgIpc) is 3.64. The quantitative estimate of drug-likeness (QED) is 0.218. The molecule has 0 amide bonds. The third-order valence-corrected chi connectivity index (χ3v) is 10.2. The summed E-state index contributed by atoms with van der Waals surface area (Å²) < 4.78 is 9.12. The van der Waals surface area contributed by atoms with Gasteiger partial charge in [-0.25, -0.2) is 0 Å². The first-order valence-corrected chi connectivity index (χ1v) is 14.8.